The number of hydrogen-bond acceptors (Lipinski definition) is 3. The highest BCUT2D eigenvalue weighted by Crippen LogP contribution is 2.18. The monoisotopic (exact) mass is 198 g/mol. The summed E-state index contributed by atoms with van der Waals surface area (Å²) in [6, 6.07) is 0.598. The lowest BCUT2D eigenvalue weighted by molar-refractivity contribution is 0.173. The minimum absolute atomic E-state index is 0.598. The first-order chi connectivity index (χ1) is 6.90. The maximum absolute atomic E-state index is 5.54. The third-order valence-electron chi connectivity index (χ3n) is 3.36. The van der Waals surface area contributed by atoms with Gasteiger partial charge in [-0.05, 0) is 32.5 Å². The predicted octanol–water partition coefficient (Wildman–Crippen LogP) is 0.707. The summed E-state index contributed by atoms with van der Waals surface area (Å²) in [6.45, 7) is 8.93. The van der Waals surface area contributed by atoms with Crippen LogP contribution in [-0.4, -0.2) is 50.3 Å². The Morgan fingerprint density at radius 2 is 2.07 bits per heavy atom. The van der Waals surface area contributed by atoms with Gasteiger partial charge in [-0.3, -0.25) is 0 Å². The fourth-order valence-electron chi connectivity index (χ4n) is 2.56. The number of nitrogens with zero attached hydrogens (tertiary/aromatic N) is 1. The van der Waals surface area contributed by atoms with Crippen molar-refractivity contribution in [3.63, 3.8) is 0 Å². The smallest absolute Gasteiger partial charge is 0.0623 e. The highest BCUT2D eigenvalue weighted by molar-refractivity contribution is 4.84. The molecule has 0 bridgehead atoms. The molecule has 0 aromatic rings. The van der Waals surface area contributed by atoms with Crippen LogP contribution >= 0.6 is 0 Å². The first-order valence-corrected chi connectivity index (χ1v) is 5.93. The average Bonchev–Trinajstić information content (AvgIpc) is 2.80. The van der Waals surface area contributed by atoms with E-state index in [4.69, 9.17) is 4.74 Å². The second-order valence-corrected chi connectivity index (χ2v) is 4.47. The minimum Gasteiger partial charge on any atom is -0.379 e. The molecule has 2 fully saturated rings. The molecule has 2 atom stereocenters. The van der Waals surface area contributed by atoms with Crippen LogP contribution in [0.4, 0.5) is 0 Å². The second kappa shape index (κ2) is 5.10. The third kappa shape index (κ3) is 2.47. The summed E-state index contributed by atoms with van der Waals surface area (Å²) in [7, 11) is 0. The number of likely N-dealkylation sites (tertiary alicyclic amines) is 1. The standard InChI is InChI=1S/C11H22N2O/c1-2-12-11-9-14-8-10(11)7-13-5-3-4-6-13/h10-12H,2-9H2,1H3. The van der Waals surface area contributed by atoms with Crippen LogP contribution < -0.4 is 5.32 Å². The van der Waals surface area contributed by atoms with Crippen molar-refractivity contribution in [2.45, 2.75) is 25.8 Å². The van der Waals surface area contributed by atoms with Gasteiger partial charge in [-0.15, -0.1) is 0 Å². The topological polar surface area (TPSA) is 24.5 Å². The van der Waals surface area contributed by atoms with Crippen molar-refractivity contribution < 1.29 is 4.74 Å². The number of ether oxygens (including phenoxy) is 1. The molecular formula is C11H22N2O. The first kappa shape index (κ1) is 10.4. The van der Waals surface area contributed by atoms with E-state index in [1.54, 1.807) is 0 Å². The maximum Gasteiger partial charge on any atom is 0.0623 e. The van der Waals surface area contributed by atoms with Gasteiger partial charge in [-0.2, -0.15) is 0 Å². The zero-order chi connectivity index (χ0) is 9.80. The lowest BCUT2D eigenvalue weighted by atomic mass is 10.0. The van der Waals surface area contributed by atoms with E-state index < -0.39 is 0 Å². The van der Waals surface area contributed by atoms with Gasteiger partial charge in [-0.1, -0.05) is 6.92 Å². The van der Waals surface area contributed by atoms with E-state index in [2.05, 4.69) is 17.1 Å². The van der Waals surface area contributed by atoms with Gasteiger partial charge in [0.2, 0.25) is 0 Å². The van der Waals surface area contributed by atoms with E-state index in [0.717, 1.165) is 19.8 Å². The van der Waals surface area contributed by atoms with E-state index in [1.165, 1.54) is 32.5 Å². The molecule has 82 valence electrons. The molecule has 3 nitrogen and oxygen atoms in total. The van der Waals surface area contributed by atoms with Crippen LogP contribution in [0, 0.1) is 5.92 Å². The van der Waals surface area contributed by atoms with Crippen molar-refractivity contribution >= 4 is 0 Å². The zero-order valence-corrected chi connectivity index (χ0v) is 9.17. The highest BCUT2D eigenvalue weighted by atomic mass is 16.5. The molecule has 0 saturated carbocycles. The van der Waals surface area contributed by atoms with Gasteiger partial charge in [0.15, 0.2) is 0 Å². The summed E-state index contributed by atoms with van der Waals surface area (Å²) in [5.41, 5.74) is 0. The Bertz CT molecular complexity index is 169. The lowest BCUT2D eigenvalue weighted by Gasteiger charge is -2.23. The molecule has 14 heavy (non-hydrogen) atoms. The zero-order valence-electron chi connectivity index (χ0n) is 9.17. The van der Waals surface area contributed by atoms with Gasteiger partial charge >= 0.3 is 0 Å². The average molecular weight is 198 g/mol. The van der Waals surface area contributed by atoms with Gasteiger partial charge in [-0.25, -0.2) is 0 Å². The van der Waals surface area contributed by atoms with Crippen LogP contribution in [0.1, 0.15) is 19.8 Å². The van der Waals surface area contributed by atoms with Crippen LogP contribution in [0.2, 0.25) is 0 Å². The molecule has 2 aliphatic heterocycles. The van der Waals surface area contributed by atoms with E-state index >= 15 is 0 Å². The van der Waals surface area contributed by atoms with Crippen molar-refractivity contribution in [1.29, 1.82) is 0 Å². The van der Waals surface area contributed by atoms with Gasteiger partial charge < -0.3 is 15.0 Å². The molecule has 2 heterocycles. The number of hydrogen-bond donors (Lipinski definition) is 1. The Hall–Kier alpha value is -0.120. The molecule has 0 aromatic carbocycles. The third-order valence-corrected chi connectivity index (χ3v) is 3.36. The van der Waals surface area contributed by atoms with Crippen molar-refractivity contribution in [2.24, 2.45) is 5.92 Å². The van der Waals surface area contributed by atoms with Gasteiger partial charge in [0.1, 0.15) is 0 Å². The van der Waals surface area contributed by atoms with E-state index in [1.807, 2.05) is 0 Å². The maximum atomic E-state index is 5.54. The molecule has 2 unspecified atom stereocenters. The molecule has 0 radical (unpaired) electrons. The summed E-state index contributed by atoms with van der Waals surface area (Å²) in [6.07, 6.45) is 2.78. The second-order valence-electron chi connectivity index (χ2n) is 4.47. The summed E-state index contributed by atoms with van der Waals surface area (Å²) < 4.78 is 5.54. The van der Waals surface area contributed by atoms with Gasteiger partial charge in [0, 0.05) is 18.5 Å². The van der Waals surface area contributed by atoms with Crippen molar-refractivity contribution in [2.75, 3.05) is 39.4 Å². The quantitative estimate of drug-likeness (QED) is 0.720. The molecule has 3 heteroatoms. The van der Waals surface area contributed by atoms with Gasteiger partial charge in [0.05, 0.1) is 13.2 Å². The van der Waals surface area contributed by atoms with E-state index in [9.17, 15) is 0 Å². The molecule has 1 N–H and O–H groups in total. The SMILES string of the molecule is CCNC1COCC1CN1CCCC1. The molecule has 0 aromatic heterocycles. The number of rotatable bonds is 4. The van der Waals surface area contributed by atoms with Crippen LogP contribution in [0.25, 0.3) is 0 Å². The van der Waals surface area contributed by atoms with Crippen molar-refractivity contribution in [3.8, 4) is 0 Å². The number of nitrogens with one attached hydrogen (secondary N) is 1. The Balaban J connectivity index is 1.77. The Labute approximate surface area is 86.8 Å². The first-order valence-electron chi connectivity index (χ1n) is 5.93. The molecule has 2 saturated heterocycles. The Kier molecular flexibility index (Phi) is 3.79. The Morgan fingerprint density at radius 1 is 1.29 bits per heavy atom. The largest absolute Gasteiger partial charge is 0.379 e. The molecule has 0 aliphatic carbocycles. The molecule has 0 amide bonds. The summed E-state index contributed by atoms with van der Waals surface area (Å²) in [4.78, 5) is 2.59. The predicted molar refractivity (Wildman–Crippen MR) is 57.4 cm³/mol. The molecular weight excluding hydrogens is 176 g/mol. The van der Waals surface area contributed by atoms with E-state index in [-0.39, 0.29) is 0 Å². The molecule has 2 rings (SSSR count). The fraction of sp³-hybridized carbons (Fsp3) is 1.00. The van der Waals surface area contributed by atoms with Crippen molar-refractivity contribution in [1.82, 2.24) is 10.2 Å². The van der Waals surface area contributed by atoms with Crippen LogP contribution in [0.5, 0.6) is 0 Å². The van der Waals surface area contributed by atoms with Crippen LogP contribution in [0.15, 0.2) is 0 Å². The summed E-state index contributed by atoms with van der Waals surface area (Å²) in [5, 5.41) is 3.52. The summed E-state index contributed by atoms with van der Waals surface area (Å²) >= 11 is 0. The minimum atomic E-state index is 0.598. The summed E-state index contributed by atoms with van der Waals surface area (Å²) in [5.74, 6) is 0.716. The van der Waals surface area contributed by atoms with Gasteiger partial charge in [0.25, 0.3) is 0 Å². The normalized spacial score (nSPS) is 34.1. The highest BCUT2D eigenvalue weighted by Gasteiger charge is 2.29. The van der Waals surface area contributed by atoms with Crippen LogP contribution in [0.3, 0.4) is 0 Å². The van der Waals surface area contributed by atoms with Crippen LogP contribution in [-0.2, 0) is 4.74 Å². The lowest BCUT2D eigenvalue weighted by Crippen LogP contribution is -2.40. The fourth-order valence-corrected chi connectivity index (χ4v) is 2.56. The Morgan fingerprint density at radius 3 is 2.79 bits per heavy atom. The van der Waals surface area contributed by atoms with E-state index in [0.29, 0.717) is 12.0 Å². The molecule has 0 spiro atoms. The number of likely N-dealkylation sites (N-methyl/N-ethyl adjacent to an activating group) is 1. The van der Waals surface area contributed by atoms with Crippen molar-refractivity contribution in [3.05, 3.63) is 0 Å². The molecule has 2 aliphatic rings.